The third kappa shape index (κ3) is 1.87. The molecule has 0 atom stereocenters. The molecule has 0 bridgehead atoms. The van der Waals surface area contributed by atoms with Crippen LogP contribution in [0, 0.1) is 0 Å². The standard InChI is InChI=1S/C8H7ClF3NO/c1-14-5-3-2-4(8(10,11)12)7(13)6(5)9/h2-3H,13H2,1H3. The maximum Gasteiger partial charge on any atom is 0.418 e. The largest absolute Gasteiger partial charge is 0.495 e. The first-order chi connectivity index (χ1) is 6.38. The molecule has 0 aromatic heterocycles. The van der Waals surface area contributed by atoms with E-state index in [2.05, 4.69) is 0 Å². The third-order valence-corrected chi connectivity index (χ3v) is 2.06. The molecule has 1 rings (SSSR count). The van der Waals surface area contributed by atoms with Crippen LogP contribution < -0.4 is 10.5 Å². The van der Waals surface area contributed by atoms with E-state index in [9.17, 15) is 13.2 Å². The van der Waals surface area contributed by atoms with Crippen LogP contribution in [-0.2, 0) is 6.18 Å². The summed E-state index contributed by atoms with van der Waals surface area (Å²) in [5, 5.41) is -0.220. The van der Waals surface area contributed by atoms with Gasteiger partial charge in [-0.05, 0) is 12.1 Å². The first kappa shape index (κ1) is 11.0. The van der Waals surface area contributed by atoms with Gasteiger partial charge in [0.15, 0.2) is 0 Å². The summed E-state index contributed by atoms with van der Waals surface area (Å²) in [6.45, 7) is 0. The molecule has 2 nitrogen and oxygen atoms in total. The van der Waals surface area contributed by atoms with E-state index >= 15 is 0 Å². The fourth-order valence-electron chi connectivity index (χ4n) is 0.978. The van der Waals surface area contributed by atoms with E-state index < -0.39 is 17.4 Å². The summed E-state index contributed by atoms with van der Waals surface area (Å²) < 4.78 is 41.6. The van der Waals surface area contributed by atoms with Gasteiger partial charge >= 0.3 is 6.18 Å². The molecule has 0 spiro atoms. The van der Waals surface area contributed by atoms with Crippen LogP contribution in [0.15, 0.2) is 12.1 Å². The zero-order valence-corrected chi connectivity index (χ0v) is 7.91. The minimum Gasteiger partial charge on any atom is -0.495 e. The Bertz CT molecular complexity index is 351. The highest BCUT2D eigenvalue weighted by molar-refractivity contribution is 6.34. The van der Waals surface area contributed by atoms with Crippen molar-refractivity contribution in [3.05, 3.63) is 22.7 Å². The number of alkyl halides is 3. The molecule has 78 valence electrons. The van der Waals surface area contributed by atoms with E-state index in [0.29, 0.717) is 0 Å². The Morgan fingerprint density at radius 3 is 2.36 bits per heavy atom. The lowest BCUT2D eigenvalue weighted by Crippen LogP contribution is -2.09. The van der Waals surface area contributed by atoms with E-state index in [1.54, 1.807) is 0 Å². The quantitative estimate of drug-likeness (QED) is 0.746. The molecule has 0 heterocycles. The molecular formula is C8H7ClF3NO. The van der Waals surface area contributed by atoms with Crippen molar-refractivity contribution in [2.24, 2.45) is 0 Å². The first-order valence-corrected chi connectivity index (χ1v) is 3.95. The van der Waals surface area contributed by atoms with Gasteiger partial charge in [-0.2, -0.15) is 13.2 Å². The van der Waals surface area contributed by atoms with Crippen LogP contribution in [0.3, 0.4) is 0 Å². The van der Waals surface area contributed by atoms with Crippen molar-refractivity contribution in [1.29, 1.82) is 0 Å². The molecule has 0 aliphatic carbocycles. The molecule has 0 saturated heterocycles. The molecule has 0 aliphatic heterocycles. The number of rotatable bonds is 1. The minimum absolute atomic E-state index is 0.122. The summed E-state index contributed by atoms with van der Waals surface area (Å²) in [5.74, 6) is 0.122. The van der Waals surface area contributed by atoms with Gasteiger partial charge in [0, 0.05) is 0 Å². The summed E-state index contributed by atoms with van der Waals surface area (Å²) in [4.78, 5) is 0. The van der Waals surface area contributed by atoms with Gasteiger partial charge in [-0.15, -0.1) is 0 Å². The smallest absolute Gasteiger partial charge is 0.418 e. The topological polar surface area (TPSA) is 35.2 Å². The Morgan fingerprint density at radius 2 is 1.93 bits per heavy atom. The van der Waals surface area contributed by atoms with Crippen LogP contribution in [-0.4, -0.2) is 7.11 Å². The Kier molecular flexibility index (Phi) is 2.80. The van der Waals surface area contributed by atoms with Gasteiger partial charge in [0.1, 0.15) is 10.8 Å². The number of nitrogen functional groups attached to an aromatic ring is 1. The Labute approximate surface area is 83.4 Å². The molecule has 0 aliphatic rings. The molecule has 0 fully saturated rings. The molecule has 0 saturated carbocycles. The Balaban J connectivity index is 3.31. The fourth-order valence-corrected chi connectivity index (χ4v) is 1.22. The van der Waals surface area contributed by atoms with Crippen molar-refractivity contribution in [2.45, 2.75) is 6.18 Å². The van der Waals surface area contributed by atoms with Crippen molar-refractivity contribution < 1.29 is 17.9 Å². The predicted octanol–water partition coefficient (Wildman–Crippen LogP) is 2.95. The van der Waals surface area contributed by atoms with Gasteiger partial charge in [-0.3, -0.25) is 0 Å². The molecule has 14 heavy (non-hydrogen) atoms. The number of halogens is 4. The average Bonchev–Trinajstić information content (AvgIpc) is 2.07. The molecule has 0 amide bonds. The maximum atomic E-state index is 12.3. The lowest BCUT2D eigenvalue weighted by Gasteiger charge is -2.12. The second-order valence-electron chi connectivity index (χ2n) is 2.54. The molecule has 2 N–H and O–H groups in total. The molecule has 0 unspecified atom stereocenters. The number of hydrogen-bond donors (Lipinski definition) is 1. The molecule has 0 radical (unpaired) electrons. The number of methoxy groups -OCH3 is 1. The maximum absolute atomic E-state index is 12.3. The summed E-state index contributed by atoms with van der Waals surface area (Å²) >= 11 is 5.55. The summed E-state index contributed by atoms with van der Waals surface area (Å²) in [6.07, 6.45) is -4.50. The second kappa shape index (κ2) is 3.57. The average molecular weight is 226 g/mol. The Hall–Kier alpha value is -1.10. The minimum atomic E-state index is -4.50. The molecule has 1 aromatic rings. The van der Waals surface area contributed by atoms with Gasteiger partial charge in [0.25, 0.3) is 0 Å². The van der Waals surface area contributed by atoms with Gasteiger partial charge in [-0.25, -0.2) is 0 Å². The fraction of sp³-hybridized carbons (Fsp3) is 0.250. The van der Waals surface area contributed by atoms with Crippen LogP contribution in [0.1, 0.15) is 5.56 Å². The number of benzene rings is 1. The number of nitrogens with two attached hydrogens (primary N) is 1. The summed E-state index contributed by atoms with van der Waals surface area (Å²) in [5.41, 5.74) is 3.74. The Morgan fingerprint density at radius 1 is 1.36 bits per heavy atom. The second-order valence-corrected chi connectivity index (χ2v) is 2.92. The van der Waals surface area contributed by atoms with E-state index in [4.69, 9.17) is 22.1 Å². The highest BCUT2D eigenvalue weighted by atomic mass is 35.5. The predicted molar refractivity (Wildman–Crippen MR) is 47.4 cm³/mol. The zero-order chi connectivity index (χ0) is 10.9. The summed E-state index contributed by atoms with van der Waals surface area (Å²) in [6, 6.07) is 1.96. The van der Waals surface area contributed by atoms with E-state index in [1.807, 2.05) is 0 Å². The molecular weight excluding hydrogens is 219 g/mol. The van der Waals surface area contributed by atoms with Crippen molar-refractivity contribution in [2.75, 3.05) is 12.8 Å². The van der Waals surface area contributed by atoms with Crippen LogP contribution in [0.5, 0.6) is 5.75 Å². The van der Waals surface area contributed by atoms with Gasteiger partial charge in [0.2, 0.25) is 0 Å². The van der Waals surface area contributed by atoms with Crippen molar-refractivity contribution in [3.63, 3.8) is 0 Å². The highest BCUT2D eigenvalue weighted by Crippen LogP contribution is 2.40. The van der Waals surface area contributed by atoms with Gasteiger partial charge < -0.3 is 10.5 Å². The van der Waals surface area contributed by atoms with Crippen LogP contribution in [0.25, 0.3) is 0 Å². The van der Waals surface area contributed by atoms with E-state index in [-0.39, 0.29) is 10.8 Å². The third-order valence-electron chi connectivity index (χ3n) is 1.67. The highest BCUT2D eigenvalue weighted by Gasteiger charge is 2.34. The number of ether oxygens (including phenoxy) is 1. The summed E-state index contributed by atoms with van der Waals surface area (Å²) in [7, 11) is 1.30. The SMILES string of the molecule is COc1ccc(C(F)(F)F)c(N)c1Cl. The zero-order valence-electron chi connectivity index (χ0n) is 7.15. The number of anilines is 1. The van der Waals surface area contributed by atoms with Crippen molar-refractivity contribution >= 4 is 17.3 Å². The van der Waals surface area contributed by atoms with Gasteiger partial charge in [0.05, 0.1) is 18.4 Å². The monoisotopic (exact) mass is 225 g/mol. The van der Waals surface area contributed by atoms with E-state index in [0.717, 1.165) is 12.1 Å². The van der Waals surface area contributed by atoms with Crippen molar-refractivity contribution in [3.8, 4) is 5.75 Å². The van der Waals surface area contributed by atoms with Crippen LogP contribution in [0.4, 0.5) is 18.9 Å². The van der Waals surface area contributed by atoms with Crippen LogP contribution in [0.2, 0.25) is 5.02 Å². The lowest BCUT2D eigenvalue weighted by molar-refractivity contribution is -0.136. The molecule has 6 heteroatoms. The lowest BCUT2D eigenvalue weighted by atomic mass is 10.1. The van der Waals surface area contributed by atoms with E-state index in [1.165, 1.54) is 7.11 Å². The van der Waals surface area contributed by atoms with Gasteiger partial charge in [-0.1, -0.05) is 11.6 Å². The van der Waals surface area contributed by atoms with Crippen LogP contribution >= 0.6 is 11.6 Å². The molecule has 1 aromatic carbocycles. The number of hydrogen-bond acceptors (Lipinski definition) is 2. The van der Waals surface area contributed by atoms with Crippen molar-refractivity contribution in [1.82, 2.24) is 0 Å². The first-order valence-electron chi connectivity index (χ1n) is 3.57. The normalized spacial score (nSPS) is 11.5.